The molecule has 0 unspecified atom stereocenters. The predicted octanol–water partition coefficient (Wildman–Crippen LogP) is 1.69. The van der Waals surface area contributed by atoms with Crippen molar-refractivity contribution < 1.29 is 18.0 Å². The van der Waals surface area contributed by atoms with Crippen LogP contribution in [-0.4, -0.2) is 35.6 Å². The molecule has 0 spiro atoms. The molecule has 0 aliphatic heterocycles. The van der Waals surface area contributed by atoms with E-state index in [1.165, 1.54) is 19.3 Å². The minimum atomic E-state index is -4.29. The quantitative estimate of drug-likeness (QED) is 0.884. The van der Waals surface area contributed by atoms with Gasteiger partial charge in [0.1, 0.15) is 0 Å². The predicted molar refractivity (Wildman–Crippen MR) is 56.3 cm³/mol. The summed E-state index contributed by atoms with van der Waals surface area (Å²) in [4.78, 5) is 16.4. The number of carbonyl (C=O) groups excluding carboxylic acids is 1. The van der Waals surface area contributed by atoms with Gasteiger partial charge < -0.3 is 10.6 Å². The van der Waals surface area contributed by atoms with Gasteiger partial charge in [-0.1, -0.05) is 0 Å². The third kappa shape index (κ3) is 3.93. The van der Waals surface area contributed by atoms with Crippen LogP contribution in [0.3, 0.4) is 0 Å². The molecule has 0 bridgehead atoms. The molecule has 0 aliphatic carbocycles. The van der Waals surface area contributed by atoms with Gasteiger partial charge in [-0.15, -0.1) is 0 Å². The molecule has 0 radical (unpaired) electrons. The van der Waals surface area contributed by atoms with E-state index in [1.807, 2.05) is 0 Å². The first-order valence-electron chi connectivity index (χ1n) is 4.84. The van der Waals surface area contributed by atoms with Crippen LogP contribution >= 0.6 is 0 Å². The molecule has 2 N–H and O–H groups in total. The SMILES string of the molecule is CN(CCC(F)(F)F)C(=O)c1ncccc1N. The van der Waals surface area contributed by atoms with Gasteiger partial charge in [-0.05, 0) is 12.1 Å². The molecule has 94 valence electrons. The summed E-state index contributed by atoms with van der Waals surface area (Å²) in [5.74, 6) is -0.618. The molecule has 1 amide bonds. The standard InChI is InChI=1S/C10H12F3N3O/c1-16(6-4-10(11,12)13)9(17)8-7(14)3-2-5-15-8/h2-3,5H,4,6,14H2,1H3. The number of anilines is 1. The zero-order valence-corrected chi connectivity index (χ0v) is 9.16. The molecule has 17 heavy (non-hydrogen) atoms. The van der Waals surface area contributed by atoms with Gasteiger partial charge in [0.2, 0.25) is 0 Å². The van der Waals surface area contributed by atoms with E-state index in [2.05, 4.69) is 4.98 Å². The fourth-order valence-corrected chi connectivity index (χ4v) is 1.17. The Bertz CT molecular complexity index is 406. The van der Waals surface area contributed by atoms with Gasteiger partial charge in [0.25, 0.3) is 5.91 Å². The van der Waals surface area contributed by atoms with Gasteiger partial charge >= 0.3 is 6.18 Å². The van der Waals surface area contributed by atoms with E-state index in [9.17, 15) is 18.0 Å². The lowest BCUT2D eigenvalue weighted by atomic mass is 10.2. The smallest absolute Gasteiger partial charge is 0.390 e. The van der Waals surface area contributed by atoms with Gasteiger partial charge in [-0.25, -0.2) is 4.98 Å². The minimum Gasteiger partial charge on any atom is -0.397 e. The summed E-state index contributed by atoms with van der Waals surface area (Å²) in [7, 11) is 1.28. The highest BCUT2D eigenvalue weighted by Crippen LogP contribution is 2.20. The zero-order chi connectivity index (χ0) is 13.1. The molecule has 4 nitrogen and oxygen atoms in total. The molecule has 0 saturated carbocycles. The summed E-state index contributed by atoms with van der Waals surface area (Å²) in [6.07, 6.45) is -3.98. The molecule has 1 aromatic heterocycles. The molecule has 0 atom stereocenters. The summed E-state index contributed by atoms with van der Waals surface area (Å²) >= 11 is 0. The Morgan fingerprint density at radius 3 is 2.71 bits per heavy atom. The van der Waals surface area contributed by atoms with E-state index < -0.39 is 25.0 Å². The van der Waals surface area contributed by atoms with Crippen molar-refractivity contribution in [3.05, 3.63) is 24.0 Å². The summed E-state index contributed by atoms with van der Waals surface area (Å²) < 4.78 is 35.9. The highest BCUT2D eigenvalue weighted by molar-refractivity contribution is 5.96. The second-order valence-corrected chi connectivity index (χ2v) is 3.53. The van der Waals surface area contributed by atoms with Crippen LogP contribution in [0.2, 0.25) is 0 Å². The van der Waals surface area contributed by atoms with Crippen molar-refractivity contribution in [3.8, 4) is 0 Å². The number of aromatic nitrogens is 1. The average molecular weight is 247 g/mol. The van der Waals surface area contributed by atoms with Crippen LogP contribution in [0, 0.1) is 0 Å². The first kappa shape index (κ1) is 13.3. The zero-order valence-electron chi connectivity index (χ0n) is 9.16. The van der Waals surface area contributed by atoms with Crippen molar-refractivity contribution in [3.63, 3.8) is 0 Å². The Kier molecular flexibility index (Phi) is 3.93. The Morgan fingerprint density at radius 2 is 2.18 bits per heavy atom. The van der Waals surface area contributed by atoms with Gasteiger partial charge in [0, 0.05) is 19.8 Å². The van der Waals surface area contributed by atoms with Crippen molar-refractivity contribution >= 4 is 11.6 Å². The Morgan fingerprint density at radius 1 is 1.53 bits per heavy atom. The number of halogens is 3. The van der Waals surface area contributed by atoms with Crippen molar-refractivity contribution in [2.75, 3.05) is 19.3 Å². The molecule has 0 fully saturated rings. The number of alkyl halides is 3. The third-order valence-electron chi connectivity index (χ3n) is 2.12. The Hall–Kier alpha value is -1.79. The van der Waals surface area contributed by atoms with Crippen molar-refractivity contribution in [1.29, 1.82) is 0 Å². The number of hydrogen-bond acceptors (Lipinski definition) is 3. The Labute approximate surface area is 96.2 Å². The van der Waals surface area contributed by atoms with E-state index in [1.54, 1.807) is 6.07 Å². The summed E-state index contributed by atoms with van der Waals surface area (Å²) in [6.45, 7) is -0.418. The van der Waals surface area contributed by atoms with Crippen LogP contribution in [0.5, 0.6) is 0 Å². The maximum atomic E-state index is 12.0. The van der Waals surface area contributed by atoms with Gasteiger partial charge in [-0.3, -0.25) is 4.79 Å². The molecule has 0 aromatic carbocycles. The molecule has 1 aromatic rings. The number of nitrogens with two attached hydrogens (primary N) is 1. The second kappa shape index (κ2) is 5.03. The number of rotatable bonds is 3. The first-order chi connectivity index (χ1) is 7.81. The van der Waals surface area contributed by atoms with Gasteiger partial charge in [0.15, 0.2) is 5.69 Å². The van der Waals surface area contributed by atoms with E-state index in [4.69, 9.17) is 5.73 Å². The van der Waals surface area contributed by atoms with Crippen LogP contribution in [-0.2, 0) is 0 Å². The van der Waals surface area contributed by atoms with Crippen molar-refractivity contribution in [2.24, 2.45) is 0 Å². The number of carbonyl (C=O) groups is 1. The average Bonchev–Trinajstić information content (AvgIpc) is 2.24. The monoisotopic (exact) mass is 247 g/mol. The summed E-state index contributed by atoms with van der Waals surface area (Å²) in [6, 6.07) is 3.01. The van der Waals surface area contributed by atoms with Crippen LogP contribution in [0.4, 0.5) is 18.9 Å². The fraction of sp³-hybridized carbons (Fsp3) is 0.400. The van der Waals surface area contributed by atoms with Crippen LogP contribution in [0.25, 0.3) is 0 Å². The number of nitrogens with zero attached hydrogens (tertiary/aromatic N) is 2. The first-order valence-corrected chi connectivity index (χ1v) is 4.84. The number of pyridine rings is 1. The number of hydrogen-bond donors (Lipinski definition) is 1. The molecular weight excluding hydrogens is 235 g/mol. The molecule has 0 aliphatic rings. The van der Waals surface area contributed by atoms with Crippen molar-refractivity contribution in [1.82, 2.24) is 9.88 Å². The third-order valence-corrected chi connectivity index (χ3v) is 2.12. The van der Waals surface area contributed by atoms with Crippen LogP contribution in [0.1, 0.15) is 16.9 Å². The highest BCUT2D eigenvalue weighted by atomic mass is 19.4. The normalized spacial score (nSPS) is 11.3. The molecule has 7 heteroatoms. The van der Waals surface area contributed by atoms with E-state index in [-0.39, 0.29) is 11.4 Å². The second-order valence-electron chi connectivity index (χ2n) is 3.53. The van der Waals surface area contributed by atoms with Gasteiger partial charge in [-0.2, -0.15) is 13.2 Å². The summed E-state index contributed by atoms with van der Waals surface area (Å²) in [5.41, 5.74) is 5.63. The van der Waals surface area contributed by atoms with Crippen LogP contribution in [0.15, 0.2) is 18.3 Å². The number of nitrogen functional groups attached to an aromatic ring is 1. The molecule has 1 heterocycles. The fourth-order valence-electron chi connectivity index (χ4n) is 1.17. The molecule has 1 rings (SSSR count). The molecule has 0 saturated heterocycles. The lowest BCUT2D eigenvalue weighted by Gasteiger charge is -2.18. The number of amides is 1. The topological polar surface area (TPSA) is 59.2 Å². The lowest BCUT2D eigenvalue weighted by molar-refractivity contribution is -0.136. The van der Waals surface area contributed by atoms with Crippen molar-refractivity contribution in [2.45, 2.75) is 12.6 Å². The maximum absolute atomic E-state index is 12.0. The van der Waals surface area contributed by atoms with E-state index in [0.29, 0.717) is 0 Å². The van der Waals surface area contributed by atoms with Gasteiger partial charge in [0.05, 0.1) is 12.1 Å². The Balaban J connectivity index is 2.68. The maximum Gasteiger partial charge on any atom is 0.390 e. The minimum absolute atomic E-state index is 0.0304. The van der Waals surface area contributed by atoms with Crippen LogP contribution < -0.4 is 5.73 Å². The summed E-state index contributed by atoms with van der Waals surface area (Å²) in [5, 5.41) is 0. The molecular formula is C10H12F3N3O. The highest BCUT2D eigenvalue weighted by Gasteiger charge is 2.28. The lowest BCUT2D eigenvalue weighted by Crippen LogP contribution is -2.31. The largest absolute Gasteiger partial charge is 0.397 e. The van der Waals surface area contributed by atoms with E-state index >= 15 is 0 Å². The van der Waals surface area contributed by atoms with E-state index in [0.717, 1.165) is 4.90 Å².